The Morgan fingerprint density at radius 2 is 2.13 bits per heavy atom. The third kappa shape index (κ3) is 6.20. The Balaban J connectivity index is 1.65. The molecule has 1 aromatic rings. The number of rotatable bonds is 9. The number of nitrogens with zero attached hydrogens (tertiary/aromatic N) is 1. The van der Waals surface area contributed by atoms with Crippen LogP contribution in [0.2, 0.25) is 0 Å². The van der Waals surface area contributed by atoms with Crippen LogP contribution in [0.5, 0.6) is 5.75 Å². The molecule has 1 heterocycles. The van der Waals surface area contributed by atoms with E-state index in [2.05, 4.69) is 11.8 Å². The van der Waals surface area contributed by atoms with Crippen LogP contribution in [0.4, 0.5) is 0 Å². The molecule has 0 aliphatic carbocycles. The highest BCUT2D eigenvalue weighted by atomic mass is 16.5. The monoisotopic (exact) mass is 321 g/mol. The van der Waals surface area contributed by atoms with Gasteiger partial charge in [-0.15, -0.1) is 0 Å². The summed E-state index contributed by atoms with van der Waals surface area (Å²) in [7, 11) is 0. The molecule has 0 aromatic heterocycles. The number of carboxylic acids is 1. The van der Waals surface area contributed by atoms with Crippen LogP contribution in [0.15, 0.2) is 24.3 Å². The molecule has 1 atom stereocenters. The van der Waals surface area contributed by atoms with E-state index < -0.39 is 5.97 Å². The summed E-state index contributed by atoms with van der Waals surface area (Å²) >= 11 is 0. The summed E-state index contributed by atoms with van der Waals surface area (Å²) in [6, 6.07) is 6.54. The van der Waals surface area contributed by atoms with E-state index in [1.807, 2.05) is 0 Å². The lowest BCUT2D eigenvalue weighted by atomic mass is 10.1. The first kappa shape index (κ1) is 17.8. The zero-order valence-electron chi connectivity index (χ0n) is 13.9. The highest BCUT2D eigenvalue weighted by Gasteiger charge is 2.16. The first-order valence-electron chi connectivity index (χ1n) is 8.49. The maximum Gasteiger partial charge on any atom is 0.335 e. The maximum atomic E-state index is 10.8. The van der Waals surface area contributed by atoms with Crippen molar-refractivity contribution in [3.63, 3.8) is 0 Å². The Hall–Kier alpha value is -1.59. The topological polar surface area (TPSA) is 59.0 Å². The van der Waals surface area contributed by atoms with Crippen molar-refractivity contribution in [1.29, 1.82) is 0 Å². The normalized spacial score (nSPS) is 18.1. The van der Waals surface area contributed by atoms with E-state index in [9.17, 15) is 4.79 Å². The largest absolute Gasteiger partial charge is 0.494 e. The number of ether oxygens (including phenoxy) is 2. The van der Waals surface area contributed by atoms with Gasteiger partial charge in [-0.05, 0) is 56.5 Å². The first-order valence-corrected chi connectivity index (χ1v) is 8.49. The molecule has 0 bridgehead atoms. The van der Waals surface area contributed by atoms with E-state index in [1.54, 1.807) is 24.3 Å². The predicted octanol–water partition coefficient (Wildman–Crippen LogP) is 3.04. The molecule has 5 nitrogen and oxygen atoms in total. The number of carbonyl (C=O) groups is 1. The van der Waals surface area contributed by atoms with Gasteiger partial charge in [0.1, 0.15) is 5.75 Å². The van der Waals surface area contributed by atoms with Crippen molar-refractivity contribution in [2.24, 2.45) is 0 Å². The average molecular weight is 321 g/mol. The van der Waals surface area contributed by atoms with Gasteiger partial charge in [0, 0.05) is 19.7 Å². The molecule has 128 valence electrons. The van der Waals surface area contributed by atoms with Gasteiger partial charge in [-0.3, -0.25) is 0 Å². The summed E-state index contributed by atoms with van der Waals surface area (Å²) in [6.07, 6.45) is 4.96. The molecule has 1 aliphatic rings. The molecule has 1 aromatic carbocycles. The van der Waals surface area contributed by atoms with Gasteiger partial charge in [0.25, 0.3) is 0 Å². The number of hydrogen-bond acceptors (Lipinski definition) is 4. The number of hydrogen-bond donors (Lipinski definition) is 1. The standard InChI is InChI=1S/C18H27NO4/c1-2-19(14-17-6-3-4-12-23-17)11-5-13-22-16-9-7-15(8-10-16)18(20)21/h7-10,17H,2-6,11-14H2,1H3,(H,20,21). The lowest BCUT2D eigenvalue weighted by molar-refractivity contribution is -0.00544. The molecule has 1 unspecified atom stereocenters. The number of benzene rings is 1. The van der Waals surface area contributed by atoms with Gasteiger partial charge >= 0.3 is 5.97 Å². The van der Waals surface area contributed by atoms with Crippen molar-refractivity contribution in [3.8, 4) is 5.75 Å². The molecular formula is C18H27NO4. The minimum Gasteiger partial charge on any atom is -0.494 e. The van der Waals surface area contributed by atoms with Crippen LogP contribution in [0, 0.1) is 0 Å². The Bertz CT molecular complexity index is 468. The van der Waals surface area contributed by atoms with Crippen molar-refractivity contribution >= 4 is 5.97 Å². The molecule has 5 heteroatoms. The highest BCUT2D eigenvalue weighted by Crippen LogP contribution is 2.15. The van der Waals surface area contributed by atoms with Crippen molar-refractivity contribution in [2.45, 2.75) is 38.7 Å². The van der Waals surface area contributed by atoms with E-state index in [0.29, 0.717) is 18.5 Å². The molecule has 23 heavy (non-hydrogen) atoms. The smallest absolute Gasteiger partial charge is 0.335 e. The second-order valence-electron chi connectivity index (χ2n) is 5.91. The van der Waals surface area contributed by atoms with E-state index in [0.717, 1.165) is 32.7 Å². The summed E-state index contributed by atoms with van der Waals surface area (Å²) < 4.78 is 11.5. The van der Waals surface area contributed by atoms with Crippen LogP contribution >= 0.6 is 0 Å². The van der Waals surface area contributed by atoms with Crippen molar-refractivity contribution in [3.05, 3.63) is 29.8 Å². The van der Waals surface area contributed by atoms with Gasteiger partial charge in [0.15, 0.2) is 0 Å². The van der Waals surface area contributed by atoms with Crippen LogP contribution in [0.25, 0.3) is 0 Å². The minimum atomic E-state index is -0.917. The van der Waals surface area contributed by atoms with Gasteiger partial charge in [0.05, 0.1) is 18.3 Å². The van der Waals surface area contributed by atoms with Crippen LogP contribution in [0.3, 0.4) is 0 Å². The third-order valence-electron chi connectivity index (χ3n) is 4.17. The molecule has 2 rings (SSSR count). The second kappa shape index (κ2) is 9.53. The summed E-state index contributed by atoms with van der Waals surface area (Å²) in [5, 5.41) is 8.86. The molecule has 1 N–H and O–H groups in total. The van der Waals surface area contributed by atoms with Gasteiger partial charge in [0.2, 0.25) is 0 Å². The maximum absolute atomic E-state index is 10.8. The molecule has 1 aliphatic heterocycles. The molecule has 0 radical (unpaired) electrons. The zero-order valence-corrected chi connectivity index (χ0v) is 13.9. The second-order valence-corrected chi connectivity index (χ2v) is 5.91. The van der Waals surface area contributed by atoms with Crippen LogP contribution < -0.4 is 4.74 Å². The lowest BCUT2D eigenvalue weighted by Gasteiger charge is -2.29. The predicted molar refractivity (Wildman–Crippen MR) is 89.2 cm³/mol. The van der Waals surface area contributed by atoms with E-state index in [1.165, 1.54) is 19.3 Å². The number of likely N-dealkylation sites (N-methyl/N-ethyl adjacent to an activating group) is 1. The molecule has 0 saturated carbocycles. The van der Waals surface area contributed by atoms with Crippen molar-refractivity contribution in [2.75, 3.05) is 32.8 Å². The molecule has 0 amide bonds. The summed E-state index contributed by atoms with van der Waals surface area (Å²) in [5.41, 5.74) is 0.280. The molecule has 0 spiro atoms. The Labute approximate surface area is 138 Å². The van der Waals surface area contributed by atoms with Gasteiger partial charge in [-0.1, -0.05) is 6.92 Å². The average Bonchev–Trinajstić information content (AvgIpc) is 2.59. The SMILES string of the molecule is CCN(CCCOc1ccc(C(=O)O)cc1)CC1CCCCO1. The number of aromatic carboxylic acids is 1. The van der Waals surface area contributed by atoms with Crippen LogP contribution in [-0.4, -0.2) is 54.9 Å². The van der Waals surface area contributed by atoms with Crippen molar-refractivity contribution < 1.29 is 19.4 Å². The fourth-order valence-corrected chi connectivity index (χ4v) is 2.79. The highest BCUT2D eigenvalue weighted by molar-refractivity contribution is 5.87. The minimum absolute atomic E-state index is 0.280. The summed E-state index contributed by atoms with van der Waals surface area (Å²) in [6.45, 7) is 6.72. The molecule has 1 fully saturated rings. The van der Waals surface area contributed by atoms with E-state index in [-0.39, 0.29) is 5.56 Å². The summed E-state index contributed by atoms with van der Waals surface area (Å²) in [5.74, 6) is -0.200. The van der Waals surface area contributed by atoms with Gasteiger partial charge in [-0.25, -0.2) is 4.79 Å². The fraction of sp³-hybridized carbons (Fsp3) is 0.611. The quantitative estimate of drug-likeness (QED) is 0.708. The van der Waals surface area contributed by atoms with Crippen molar-refractivity contribution in [1.82, 2.24) is 4.90 Å². The van der Waals surface area contributed by atoms with Gasteiger partial charge < -0.3 is 19.5 Å². The Morgan fingerprint density at radius 3 is 2.74 bits per heavy atom. The Morgan fingerprint density at radius 1 is 1.35 bits per heavy atom. The van der Waals surface area contributed by atoms with Crippen LogP contribution in [0.1, 0.15) is 43.0 Å². The van der Waals surface area contributed by atoms with E-state index >= 15 is 0 Å². The van der Waals surface area contributed by atoms with Crippen LogP contribution in [-0.2, 0) is 4.74 Å². The lowest BCUT2D eigenvalue weighted by Crippen LogP contribution is -2.36. The van der Waals surface area contributed by atoms with Gasteiger partial charge in [-0.2, -0.15) is 0 Å². The summed E-state index contributed by atoms with van der Waals surface area (Å²) in [4.78, 5) is 13.2. The van der Waals surface area contributed by atoms with E-state index in [4.69, 9.17) is 14.6 Å². The molecular weight excluding hydrogens is 294 g/mol. The Kier molecular flexibility index (Phi) is 7.36. The molecule has 1 saturated heterocycles. The first-order chi connectivity index (χ1) is 11.2. The fourth-order valence-electron chi connectivity index (χ4n) is 2.79. The number of carboxylic acid groups (broad SMARTS) is 1. The zero-order chi connectivity index (χ0) is 16.5. The third-order valence-corrected chi connectivity index (χ3v) is 4.17.